The van der Waals surface area contributed by atoms with E-state index in [4.69, 9.17) is 10.5 Å². The topological polar surface area (TPSA) is 112 Å². The molecule has 8 heteroatoms. The lowest BCUT2D eigenvalue weighted by molar-refractivity contribution is -0.145. The van der Waals surface area contributed by atoms with Crippen molar-refractivity contribution in [2.75, 3.05) is 11.9 Å². The Morgan fingerprint density at radius 1 is 1.22 bits per heavy atom. The van der Waals surface area contributed by atoms with Crippen LogP contribution in [0.1, 0.15) is 24.2 Å². The summed E-state index contributed by atoms with van der Waals surface area (Å²) in [4.78, 5) is 31.8. The first-order chi connectivity index (χ1) is 12.9. The number of nitrogens with zero attached hydrogens (tertiary/aromatic N) is 3. The van der Waals surface area contributed by atoms with Crippen molar-refractivity contribution in [3.05, 3.63) is 48.7 Å². The van der Waals surface area contributed by atoms with Gasteiger partial charge in [-0.15, -0.1) is 0 Å². The van der Waals surface area contributed by atoms with E-state index in [0.717, 1.165) is 11.2 Å². The molecule has 3 rings (SSSR count). The van der Waals surface area contributed by atoms with Gasteiger partial charge in [0, 0.05) is 22.8 Å². The summed E-state index contributed by atoms with van der Waals surface area (Å²) in [5.41, 5.74) is 8.05. The summed E-state index contributed by atoms with van der Waals surface area (Å²) in [5, 5.41) is 3.82. The van der Waals surface area contributed by atoms with E-state index in [-0.39, 0.29) is 18.4 Å². The molecule has 140 valence electrons. The van der Waals surface area contributed by atoms with E-state index in [1.54, 1.807) is 29.2 Å². The molecule has 0 fully saturated rings. The van der Waals surface area contributed by atoms with Gasteiger partial charge in [-0.2, -0.15) is 0 Å². The first kappa shape index (κ1) is 18.4. The third-order valence-corrected chi connectivity index (χ3v) is 3.87. The number of carbonyl (C=O) groups excluding carboxylic acids is 2. The second-order valence-corrected chi connectivity index (χ2v) is 6.60. The molecular weight excluding hydrogens is 346 g/mol. The van der Waals surface area contributed by atoms with Crippen LogP contribution in [0.3, 0.4) is 0 Å². The molecule has 0 aliphatic rings. The first-order valence-electron chi connectivity index (χ1n) is 8.54. The maximum absolute atomic E-state index is 12.1. The van der Waals surface area contributed by atoms with E-state index in [1.807, 2.05) is 26.0 Å². The molecule has 0 saturated heterocycles. The summed E-state index contributed by atoms with van der Waals surface area (Å²) in [5.74, 6) is -0.665. The van der Waals surface area contributed by atoms with E-state index < -0.39 is 5.91 Å². The van der Waals surface area contributed by atoms with Gasteiger partial charge in [0.15, 0.2) is 0 Å². The maximum Gasteiger partial charge on any atom is 0.325 e. The summed E-state index contributed by atoms with van der Waals surface area (Å²) in [6.07, 6.45) is 6.31. The zero-order valence-electron chi connectivity index (χ0n) is 15.2. The summed E-state index contributed by atoms with van der Waals surface area (Å²) >= 11 is 0. The van der Waals surface area contributed by atoms with Crippen molar-refractivity contribution in [3.8, 4) is 0 Å². The number of hydrogen-bond acceptors (Lipinski definition) is 6. The van der Waals surface area contributed by atoms with E-state index in [0.29, 0.717) is 23.2 Å². The molecule has 0 saturated carbocycles. The van der Waals surface area contributed by atoms with Crippen molar-refractivity contribution >= 4 is 34.2 Å². The number of esters is 1. The highest BCUT2D eigenvalue weighted by Crippen LogP contribution is 2.26. The van der Waals surface area contributed by atoms with Crippen molar-refractivity contribution in [2.45, 2.75) is 20.4 Å². The van der Waals surface area contributed by atoms with Crippen LogP contribution in [0.15, 0.2) is 43.1 Å². The molecule has 0 spiro atoms. The summed E-state index contributed by atoms with van der Waals surface area (Å²) in [6.45, 7) is 4.30. The van der Waals surface area contributed by atoms with Gasteiger partial charge in [0.1, 0.15) is 12.9 Å². The number of rotatable bonds is 7. The number of carbonyl (C=O) groups is 2. The van der Waals surface area contributed by atoms with Crippen molar-refractivity contribution < 1.29 is 14.3 Å². The Balaban J connectivity index is 1.90. The van der Waals surface area contributed by atoms with Gasteiger partial charge in [-0.1, -0.05) is 13.8 Å². The molecule has 0 radical (unpaired) electrons. The predicted molar refractivity (Wildman–Crippen MR) is 102 cm³/mol. The van der Waals surface area contributed by atoms with Crippen molar-refractivity contribution in [1.82, 2.24) is 14.5 Å². The molecule has 0 aliphatic carbocycles. The molecule has 3 N–H and O–H groups in total. The first-order valence-corrected chi connectivity index (χ1v) is 8.54. The standard InChI is InChI=1S/C19H21N5O3/c1-12(2)10-27-18(25)9-24-8-16(19(20)26)15-5-13(3-4-17(15)24)23-14-6-21-11-22-7-14/h3-8,11-12,23H,9-10H2,1-2H3,(H2,20,26). The molecule has 1 amide bonds. The normalized spacial score (nSPS) is 10.9. The second-order valence-electron chi connectivity index (χ2n) is 6.60. The number of anilines is 2. The molecule has 2 heterocycles. The number of nitrogens with one attached hydrogen (secondary N) is 1. The van der Waals surface area contributed by atoms with Crippen LogP contribution in [0.5, 0.6) is 0 Å². The van der Waals surface area contributed by atoms with Crippen LogP contribution < -0.4 is 11.1 Å². The average Bonchev–Trinajstić information content (AvgIpc) is 2.99. The Labute approximate surface area is 156 Å². The van der Waals surface area contributed by atoms with E-state index in [2.05, 4.69) is 15.3 Å². The molecule has 0 aliphatic heterocycles. The number of ether oxygens (including phenoxy) is 1. The van der Waals surface area contributed by atoms with Crippen LogP contribution >= 0.6 is 0 Å². The van der Waals surface area contributed by atoms with Crippen LogP contribution in [0.25, 0.3) is 10.9 Å². The third kappa shape index (κ3) is 4.41. The van der Waals surface area contributed by atoms with Crippen molar-refractivity contribution in [2.24, 2.45) is 11.7 Å². The van der Waals surface area contributed by atoms with Gasteiger partial charge in [-0.25, -0.2) is 9.97 Å². The van der Waals surface area contributed by atoms with Gasteiger partial charge >= 0.3 is 5.97 Å². The minimum absolute atomic E-state index is 0.00972. The smallest absolute Gasteiger partial charge is 0.325 e. The van der Waals surface area contributed by atoms with Crippen LogP contribution in [0.2, 0.25) is 0 Å². The Morgan fingerprint density at radius 3 is 2.63 bits per heavy atom. The molecule has 8 nitrogen and oxygen atoms in total. The summed E-state index contributed by atoms with van der Waals surface area (Å²) in [7, 11) is 0. The molecular formula is C19H21N5O3. The Hall–Kier alpha value is -3.42. The zero-order chi connectivity index (χ0) is 19.4. The van der Waals surface area contributed by atoms with E-state index >= 15 is 0 Å². The maximum atomic E-state index is 12.1. The lowest BCUT2D eigenvalue weighted by Crippen LogP contribution is -2.16. The van der Waals surface area contributed by atoms with Crippen LogP contribution in [0.4, 0.5) is 11.4 Å². The Morgan fingerprint density at radius 2 is 1.96 bits per heavy atom. The number of amides is 1. The number of benzene rings is 1. The number of nitrogens with two attached hydrogens (primary N) is 1. The van der Waals surface area contributed by atoms with Crippen molar-refractivity contribution in [1.29, 1.82) is 0 Å². The van der Waals surface area contributed by atoms with Crippen LogP contribution in [0, 0.1) is 5.92 Å². The molecule has 27 heavy (non-hydrogen) atoms. The SMILES string of the molecule is CC(C)COC(=O)Cn1cc(C(N)=O)c2cc(Nc3cncnc3)ccc21. The lowest BCUT2D eigenvalue weighted by Gasteiger charge is -2.09. The predicted octanol–water partition coefficient (Wildman–Crippen LogP) is 2.47. The van der Waals surface area contributed by atoms with Crippen LogP contribution in [-0.4, -0.2) is 33.0 Å². The van der Waals surface area contributed by atoms with Gasteiger partial charge < -0.3 is 20.4 Å². The summed E-state index contributed by atoms with van der Waals surface area (Å²) < 4.78 is 6.90. The fraction of sp³-hybridized carbons (Fsp3) is 0.263. The Kier molecular flexibility index (Phi) is 5.35. The minimum Gasteiger partial charge on any atom is -0.464 e. The molecule has 0 bridgehead atoms. The van der Waals surface area contributed by atoms with Gasteiger partial charge in [-0.05, 0) is 24.1 Å². The van der Waals surface area contributed by atoms with Crippen molar-refractivity contribution in [3.63, 3.8) is 0 Å². The van der Waals surface area contributed by atoms with Gasteiger partial charge in [0.25, 0.3) is 5.91 Å². The van der Waals surface area contributed by atoms with E-state index in [9.17, 15) is 9.59 Å². The number of fused-ring (bicyclic) bond motifs is 1. The fourth-order valence-electron chi connectivity index (χ4n) is 2.68. The van der Waals surface area contributed by atoms with Gasteiger partial charge in [0.2, 0.25) is 0 Å². The molecule has 2 aromatic heterocycles. The average molecular weight is 367 g/mol. The quantitative estimate of drug-likeness (QED) is 0.621. The number of hydrogen-bond donors (Lipinski definition) is 2. The molecule has 1 aromatic carbocycles. The molecule has 0 unspecified atom stereocenters. The number of primary amides is 1. The monoisotopic (exact) mass is 367 g/mol. The second kappa shape index (κ2) is 7.86. The highest BCUT2D eigenvalue weighted by atomic mass is 16.5. The lowest BCUT2D eigenvalue weighted by atomic mass is 10.1. The van der Waals surface area contributed by atoms with Gasteiger partial charge in [0.05, 0.1) is 30.3 Å². The molecule has 0 atom stereocenters. The number of aromatic nitrogens is 3. The highest BCUT2D eigenvalue weighted by molar-refractivity contribution is 6.07. The highest BCUT2D eigenvalue weighted by Gasteiger charge is 2.16. The van der Waals surface area contributed by atoms with E-state index in [1.165, 1.54) is 6.33 Å². The molecule has 3 aromatic rings. The zero-order valence-corrected chi connectivity index (χ0v) is 15.2. The minimum atomic E-state index is -0.561. The van der Waals surface area contributed by atoms with Crippen LogP contribution in [-0.2, 0) is 16.1 Å². The summed E-state index contributed by atoms with van der Waals surface area (Å²) in [6, 6.07) is 5.47. The van der Waals surface area contributed by atoms with Gasteiger partial charge in [-0.3, -0.25) is 9.59 Å². The Bertz CT molecular complexity index is 966. The largest absolute Gasteiger partial charge is 0.464 e. The fourth-order valence-corrected chi connectivity index (χ4v) is 2.68. The third-order valence-electron chi connectivity index (χ3n) is 3.87.